The van der Waals surface area contributed by atoms with Crippen molar-refractivity contribution in [2.24, 2.45) is 0 Å². The normalized spacial score (nSPS) is 10.9. The van der Waals surface area contributed by atoms with Crippen LogP contribution in [-0.4, -0.2) is 5.11 Å². The van der Waals surface area contributed by atoms with E-state index in [4.69, 9.17) is 16.0 Å². The molecule has 1 aromatic heterocycles. The zero-order chi connectivity index (χ0) is 14.3. The molecule has 100 valence electrons. The number of hydrogen-bond donors (Lipinski definition) is 1. The van der Waals surface area contributed by atoms with Gasteiger partial charge in [0, 0.05) is 11.6 Å². The third kappa shape index (κ3) is 2.21. The lowest BCUT2D eigenvalue weighted by Gasteiger charge is -2.05. The summed E-state index contributed by atoms with van der Waals surface area (Å²) in [6.45, 7) is 0. The Morgan fingerprint density at radius 2 is 1.95 bits per heavy atom. The molecule has 0 radical (unpaired) electrons. The molecule has 3 aromatic rings. The molecule has 3 rings (SSSR count). The van der Waals surface area contributed by atoms with Crippen LogP contribution in [0.15, 0.2) is 56.1 Å². The van der Waals surface area contributed by atoms with E-state index < -0.39 is 0 Å². The molecule has 2 aromatic carbocycles. The average molecular weight is 352 g/mol. The van der Waals surface area contributed by atoms with Crippen molar-refractivity contribution in [2.45, 2.75) is 0 Å². The van der Waals surface area contributed by atoms with E-state index in [1.807, 2.05) is 0 Å². The summed E-state index contributed by atoms with van der Waals surface area (Å²) < 4.78 is 6.47. The molecule has 0 saturated heterocycles. The topological polar surface area (TPSA) is 50.4 Å². The minimum atomic E-state index is -0.133. The zero-order valence-corrected chi connectivity index (χ0v) is 12.4. The Morgan fingerprint density at radius 3 is 2.70 bits per heavy atom. The first-order valence-electron chi connectivity index (χ1n) is 5.77. The largest absolute Gasteiger partial charge is 0.506 e. The lowest BCUT2D eigenvalue weighted by Crippen LogP contribution is -2.00. The van der Waals surface area contributed by atoms with Gasteiger partial charge in [0.15, 0.2) is 11.0 Å². The van der Waals surface area contributed by atoms with Crippen LogP contribution in [0.1, 0.15) is 0 Å². The molecule has 0 amide bonds. The fraction of sp³-hybridized carbons (Fsp3) is 0. The van der Waals surface area contributed by atoms with E-state index >= 15 is 0 Å². The fourth-order valence-corrected chi connectivity index (χ4v) is 2.57. The monoisotopic (exact) mass is 350 g/mol. The van der Waals surface area contributed by atoms with Crippen LogP contribution in [0.4, 0.5) is 0 Å². The summed E-state index contributed by atoms with van der Waals surface area (Å²) in [5.74, 6) is 0.385. The van der Waals surface area contributed by atoms with Gasteiger partial charge in [0.2, 0.25) is 0 Å². The maximum Gasteiger partial charge on any atom is 0.193 e. The van der Waals surface area contributed by atoms with Gasteiger partial charge in [0.1, 0.15) is 11.5 Å². The predicted octanol–water partition coefficient (Wildman–Crippen LogP) is 4.58. The van der Waals surface area contributed by atoms with Gasteiger partial charge in [0.25, 0.3) is 0 Å². The van der Waals surface area contributed by atoms with E-state index in [-0.39, 0.29) is 16.2 Å². The molecule has 0 aliphatic carbocycles. The standard InChI is InChI=1S/C15H8BrClO3/c16-10-3-1-2-9-13(19)7-14(20-15(9)10)8-4-5-12(18)11(17)6-8/h1-7,18H. The van der Waals surface area contributed by atoms with Crippen LogP contribution in [0.2, 0.25) is 5.02 Å². The first-order valence-corrected chi connectivity index (χ1v) is 6.94. The van der Waals surface area contributed by atoms with Crippen molar-refractivity contribution < 1.29 is 9.52 Å². The molecular weight excluding hydrogens is 344 g/mol. The van der Waals surface area contributed by atoms with Crippen LogP contribution < -0.4 is 5.43 Å². The Balaban J connectivity index is 2.29. The highest BCUT2D eigenvalue weighted by atomic mass is 79.9. The third-order valence-electron chi connectivity index (χ3n) is 2.94. The van der Waals surface area contributed by atoms with E-state index in [1.54, 1.807) is 30.3 Å². The molecule has 0 fully saturated rings. The number of para-hydroxylation sites is 1. The van der Waals surface area contributed by atoms with Gasteiger partial charge in [-0.25, -0.2) is 0 Å². The lowest BCUT2D eigenvalue weighted by molar-refractivity contribution is 0.475. The van der Waals surface area contributed by atoms with Crippen LogP contribution in [0.5, 0.6) is 5.75 Å². The molecule has 1 N–H and O–H groups in total. The number of phenols is 1. The number of fused-ring (bicyclic) bond motifs is 1. The minimum Gasteiger partial charge on any atom is -0.506 e. The fourth-order valence-electron chi connectivity index (χ4n) is 1.95. The maximum absolute atomic E-state index is 12.1. The summed E-state index contributed by atoms with van der Waals surface area (Å²) >= 11 is 9.24. The summed E-state index contributed by atoms with van der Waals surface area (Å²) in [5, 5.41) is 10.1. The highest BCUT2D eigenvalue weighted by Crippen LogP contribution is 2.31. The van der Waals surface area contributed by atoms with Gasteiger partial charge < -0.3 is 9.52 Å². The summed E-state index contributed by atoms with van der Waals surface area (Å²) in [4.78, 5) is 12.1. The van der Waals surface area contributed by atoms with Crippen molar-refractivity contribution in [1.29, 1.82) is 0 Å². The summed E-state index contributed by atoms with van der Waals surface area (Å²) in [6, 6.07) is 11.4. The number of aromatic hydroxyl groups is 1. The highest BCUT2D eigenvalue weighted by Gasteiger charge is 2.10. The summed E-state index contributed by atoms with van der Waals surface area (Å²) in [5.41, 5.74) is 0.980. The molecule has 0 spiro atoms. The first-order chi connectivity index (χ1) is 9.56. The van der Waals surface area contributed by atoms with E-state index in [1.165, 1.54) is 12.1 Å². The van der Waals surface area contributed by atoms with Crippen molar-refractivity contribution in [3.8, 4) is 17.1 Å². The highest BCUT2D eigenvalue weighted by molar-refractivity contribution is 9.10. The molecule has 0 saturated carbocycles. The number of halogens is 2. The van der Waals surface area contributed by atoms with Gasteiger partial charge in [-0.1, -0.05) is 17.7 Å². The molecule has 5 heteroatoms. The Hall–Kier alpha value is -1.78. The average Bonchev–Trinajstić information content (AvgIpc) is 2.43. The van der Waals surface area contributed by atoms with Crippen LogP contribution in [0, 0.1) is 0 Å². The molecule has 3 nitrogen and oxygen atoms in total. The van der Waals surface area contributed by atoms with Crippen molar-refractivity contribution >= 4 is 38.5 Å². The van der Waals surface area contributed by atoms with E-state index in [0.717, 1.165) is 0 Å². The van der Waals surface area contributed by atoms with Crippen LogP contribution in [0.25, 0.3) is 22.3 Å². The quantitative estimate of drug-likeness (QED) is 0.698. The van der Waals surface area contributed by atoms with E-state index in [0.29, 0.717) is 26.8 Å². The van der Waals surface area contributed by atoms with Gasteiger partial charge in [0.05, 0.1) is 14.9 Å². The Bertz CT molecular complexity index is 871. The zero-order valence-electron chi connectivity index (χ0n) is 10.1. The van der Waals surface area contributed by atoms with Crippen LogP contribution >= 0.6 is 27.5 Å². The first kappa shape index (κ1) is 13.2. The third-order valence-corrected chi connectivity index (χ3v) is 3.87. The summed E-state index contributed by atoms with van der Waals surface area (Å²) in [6.07, 6.45) is 0. The van der Waals surface area contributed by atoms with Gasteiger partial charge in [-0.15, -0.1) is 0 Å². The second-order valence-corrected chi connectivity index (χ2v) is 5.52. The van der Waals surface area contributed by atoms with Gasteiger partial charge in [-0.2, -0.15) is 0 Å². The Morgan fingerprint density at radius 1 is 1.15 bits per heavy atom. The van der Waals surface area contributed by atoms with Crippen molar-refractivity contribution in [3.05, 3.63) is 62.2 Å². The van der Waals surface area contributed by atoms with E-state index in [9.17, 15) is 9.90 Å². The number of hydrogen-bond acceptors (Lipinski definition) is 3. The second kappa shape index (κ2) is 4.96. The molecule has 0 bridgehead atoms. The van der Waals surface area contributed by atoms with Crippen molar-refractivity contribution in [2.75, 3.05) is 0 Å². The molecule has 1 heterocycles. The number of benzene rings is 2. The van der Waals surface area contributed by atoms with Gasteiger partial charge >= 0.3 is 0 Å². The van der Waals surface area contributed by atoms with Crippen molar-refractivity contribution in [1.82, 2.24) is 0 Å². The molecule has 20 heavy (non-hydrogen) atoms. The van der Waals surface area contributed by atoms with Gasteiger partial charge in [-0.05, 0) is 46.3 Å². The molecule has 0 atom stereocenters. The minimum absolute atomic E-state index is 0.0141. The van der Waals surface area contributed by atoms with Crippen LogP contribution in [0.3, 0.4) is 0 Å². The van der Waals surface area contributed by atoms with E-state index in [2.05, 4.69) is 15.9 Å². The Labute approximate surface area is 127 Å². The predicted molar refractivity (Wildman–Crippen MR) is 82.3 cm³/mol. The lowest BCUT2D eigenvalue weighted by atomic mass is 10.1. The summed E-state index contributed by atoms with van der Waals surface area (Å²) in [7, 11) is 0. The smallest absolute Gasteiger partial charge is 0.193 e. The molecule has 0 unspecified atom stereocenters. The maximum atomic E-state index is 12.1. The Kier molecular flexibility index (Phi) is 3.28. The van der Waals surface area contributed by atoms with Crippen LogP contribution in [-0.2, 0) is 0 Å². The second-order valence-electron chi connectivity index (χ2n) is 4.26. The molecular formula is C15H8BrClO3. The molecule has 0 aliphatic heterocycles. The number of rotatable bonds is 1. The SMILES string of the molecule is O=c1cc(-c2ccc(O)c(Cl)c2)oc2c(Br)cccc12. The van der Waals surface area contributed by atoms with Gasteiger partial charge in [-0.3, -0.25) is 4.79 Å². The number of phenolic OH excluding ortho intramolecular Hbond substituents is 1. The molecule has 0 aliphatic rings. The van der Waals surface area contributed by atoms with Crippen molar-refractivity contribution in [3.63, 3.8) is 0 Å².